The number of nitrogens with zero attached hydrogens (tertiary/aromatic N) is 2. The molecule has 0 fully saturated rings. The van der Waals surface area contributed by atoms with Crippen molar-refractivity contribution in [3.05, 3.63) is 64.8 Å². The third kappa shape index (κ3) is 2.42. The fraction of sp³-hybridized carbons (Fsp3) is 0.0667. The van der Waals surface area contributed by atoms with E-state index < -0.39 is 14.9 Å². The number of hydrogen-bond donors (Lipinski definition) is 0. The van der Waals surface area contributed by atoms with Gasteiger partial charge in [-0.1, -0.05) is 18.2 Å². The number of hydrogen-bond acceptors (Lipinski definition) is 5. The van der Waals surface area contributed by atoms with E-state index >= 15 is 0 Å². The Labute approximate surface area is 131 Å². The summed E-state index contributed by atoms with van der Waals surface area (Å²) < 4.78 is 31.5. The van der Waals surface area contributed by atoms with Gasteiger partial charge in [0.15, 0.2) is 0 Å². The van der Waals surface area contributed by atoms with Crippen LogP contribution in [0.2, 0.25) is 0 Å². The van der Waals surface area contributed by atoms with E-state index in [4.69, 9.17) is 4.74 Å². The third-order valence-electron chi connectivity index (χ3n) is 3.46. The Morgan fingerprint density at radius 1 is 1.13 bits per heavy atom. The highest BCUT2D eigenvalue weighted by atomic mass is 32.2. The second-order valence-electron chi connectivity index (χ2n) is 4.77. The number of methoxy groups -OCH3 is 1. The molecule has 1 heterocycles. The highest BCUT2D eigenvalue weighted by Gasteiger charge is 2.23. The Morgan fingerprint density at radius 2 is 1.83 bits per heavy atom. The molecule has 0 radical (unpaired) electrons. The van der Waals surface area contributed by atoms with Crippen molar-refractivity contribution in [1.29, 1.82) is 0 Å². The molecular formula is C15H12N2O5S. The zero-order valence-corrected chi connectivity index (χ0v) is 12.9. The van der Waals surface area contributed by atoms with Gasteiger partial charge in [-0.25, -0.2) is 12.4 Å². The van der Waals surface area contributed by atoms with E-state index in [-0.39, 0.29) is 27.2 Å². The van der Waals surface area contributed by atoms with Crippen LogP contribution in [0.1, 0.15) is 0 Å². The molecule has 0 aliphatic carbocycles. The highest BCUT2D eigenvalue weighted by Crippen LogP contribution is 2.33. The van der Waals surface area contributed by atoms with Gasteiger partial charge in [0.25, 0.3) is 15.7 Å². The van der Waals surface area contributed by atoms with Crippen LogP contribution in [0.5, 0.6) is 5.75 Å². The molecule has 0 amide bonds. The maximum atomic E-state index is 12.7. The highest BCUT2D eigenvalue weighted by molar-refractivity contribution is 7.90. The second-order valence-corrected chi connectivity index (χ2v) is 6.58. The number of ether oxygens (including phenoxy) is 1. The van der Waals surface area contributed by atoms with Crippen molar-refractivity contribution in [1.82, 2.24) is 3.97 Å². The van der Waals surface area contributed by atoms with Gasteiger partial charge < -0.3 is 4.74 Å². The lowest BCUT2D eigenvalue weighted by Crippen LogP contribution is -2.11. The molecule has 0 N–H and O–H groups in total. The van der Waals surface area contributed by atoms with Crippen LogP contribution < -0.4 is 4.74 Å². The van der Waals surface area contributed by atoms with E-state index in [0.717, 1.165) is 3.97 Å². The third-order valence-corrected chi connectivity index (χ3v) is 5.16. The van der Waals surface area contributed by atoms with E-state index in [1.807, 2.05) is 0 Å². The van der Waals surface area contributed by atoms with E-state index in [2.05, 4.69) is 0 Å². The van der Waals surface area contributed by atoms with Gasteiger partial charge in [0.1, 0.15) is 5.75 Å². The summed E-state index contributed by atoms with van der Waals surface area (Å²) in [6.07, 6.45) is 1.31. The molecule has 3 aromatic rings. The van der Waals surface area contributed by atoms with Crippen molar-refractivity contribution in [3.63, 3.8) is 0 Å². The van der Waals surface area contributed by atoms with Crippen LogP contribution in [-0.2, 0) is 10.0 Å². The van der Waals surface area contributed by atoms with Crippen molar-refractivity contribution in [2.24, 2.45) is 0 Å². The molecule has 8 heteroatoms. The van der Waals surface area contributed by atoms with Gasteiger partial charge in [-0.2, -0.15) is 0 Å². The van der Waals surface area contributed by atoms with Gasteiger partial charge in [-0.3, -0.25) is 10.1 Å². The number of fused-ring (bicyclic) bond motifs is 1. The number of aromatic nitrogens is 1. The van der Waals surface area contributed by atoms with Crippen molar-refractivity contribution < 1.29 is 18.1 Å². The Balaban J connectivity index is 2.32. The lowest BCUT2D eigenvalue weighted by Gasteiger charge is -2.08. The van der Waals surface area contributed by atoms with Crippen molar-refractivity contribution in [3.8, 4) is 5.75 Å². The monoisotopic (exact) mass is 332 g/mol. The predicted octanol–water partition coefficient (Wildman–Crippen LogP) is 2.80. The number of benzene rings is 2. The van der Waals surface area contributed by atoms with E-state index in [0.29, 0.717) is 0 Å². The number of rotatable bonds is 4. The van der Waals surface area contributed by atoms with Gasteiger partial charge in [0.05, 0.1) is 33.9 Å². The molecule has 23 heavy (non-hydrogen) atoms. The summed E-state index contributed by atoms with van der Waals surface area (Å²) in [7, 11) is -2.49. The normalized spacial score (nSPS) is 11.5. The summed E-state index contributed by atoms with van der Waals surface area (Å²) in [5, 5.41) is 11.4. The maximum absolute atomic E-state index is 12.7. The number of non-ortho nitro benzene ring substituents is 1. The van der Waals surface area contributed by atoms with E-state index in [9.17, 15) is 18.5 Å². The molecule has 118 valence electrons. The quantitative estimate of drug-likeness (QED) is 0.541. The molecule has 0 aliphatic heterocycles. The van der Waals surface area contributed by atoms with Crippen LogP contribution in [0.4, 0.5) is 5.69 Å². The van der Waals surface area contributed by atoms with Crippen LogP contribution in [0.25, 0.3) is 10.9 Å². The van der Waals surface area contributed by atoms with Crippen LogP contribution in [-0.4, -0.2) is 24.4 Å². The molecule has 7 nitrogen and oxygen atoms in total. The first-order chi connectivity index (χ1) is 10.9. The van der Waals surface area contributed by atoms with Gasteiger partial charge in [-0.15, -0.1) is 0 Å². The average molecular weight is 332 g/mol. The average Bonchev–Trinajstić information content (AvgIpc) is 2.99. The summed E-state index contributed by atoms with van der Waals surface area (Å²) in [5.74, 6) is 0.215. The van der Waals surface area contributed by atoms with Crippen molar-refractivity contribution in [2.75, 3.05) is 7.11 Å². The second kappa shape index (κ2) is 5.40. The van der Waals surface area contributed by atoms with Crippen LogP contribution in [0.3, 0.4) is 0 Å². The largest absolute Gasteiger partial charge is 0.496 e. The molecule has 0 unspecified atom stereocenters. The van der Waals surface area contributed by atoms with Gasteiger partial charge in [0, 0.05) is 12.3 Å². The first-order valence-electron chi connectivity index (χ1n) is 6.59. The fourth-order valence-corrected chi connectivity index (χ4v) is 3.72. The van der Waals surface area contributed by atoms with E-state index in [1.54, 1.807) is 18.2 Å². The number of nitro benzene ring substituents is 1. The Morgan fingerprint density at radius 3 is 2.43 bits per heavy atom. The molecule has 1 aromatic heterocycles. The van der Waals surface area contributed by atoms with Crippen LogP contribution in [0.15, 0.2) is 59.6 Å². The molecule has 3 rings (SSSR count). The Hall–Kier alpha value is -2.87. The van der Waals surface area contributed by atoms with Crippen molar-refractivity contribution in [2.45, 2.75) is 4.90 Å². The minimum atomic E-state index is -3.85. The molecule has 0 aliphatic rings. The topological polar surface area (TPSA) is 91.4 Å². The molecular weight excluding hydrogens is 320 g/mol. The Kier molecular flexibility index (Phi) is 3.53. The Bertz CT molecular complexity index is 993. The first-order valence-corrected chi connectivity index (χ1v) is 8.03. The molecule has 2 aromatic carbocycles. The summed E-state index contributed by atoms with van der Waals surface area (Å²) in [4.78, 5) is 10.7. The van der Waals surface area contributed by atoms with Crippen LogP contribution >= 0.6 is 0 Å². The van der Waals surface area contributed by atoms with Gasteiger partial charge in [-0.05, 0) is 18.2 Å². The molecule has 0 bridgehead atoms. The predicted molar refractivity (Wildman–Crippen MR) is 84.2 cm³/mol. The summed E-state index contributed by atoms with van der Waals surface area (Å²) in [5.41, 5.74) is -0.0127. The van der Waals surface area contributed by atoms with E-state index in [1.165, 1.54) is 43.6 Å². The smallest absolute Gasteiger partial charge is 0.282 e. The molecule has 0 spiro atoms. The zero-order valence-electron chi connectivity index (χ0n) is 12.0. The summed E-state index contributed by atoms with van der Waals surface area (Å²) in [6.45, 7) is 0. The van der Waals surface area contributed by atoms with Crippen molar-refractivity contribution >= 4 is 26.6 Å². The standard InChI is InChI=1S/C15H12N2O5S/c1-22-11-9-14-13(15(10-11)17(18)19)7-8-16(14)23(20,21)12-5-3-2-4-6-12/h2-10H,1H3. The fourth-order valence-electron chi connectivity index (χ4n) is 2.36. The SMILES string of the molecule is COc1cc([N+](=O)[O-])c2ccn(S(=O)(=O)c3ccccc3)c2c1. The minimum absolute atomic E-state index is 0.1000. The maximum Gasteiger partial charge on any atom is 0.282 e. The molecule has 0 saturated carbocycles. The lowest BCUT2D eigenvalue weighted by molar-refractivity contribution is -0.383. The van der Waals surface area contributed by atoms with Gasteiger partial charge in [0.2, 0.25) is 0 Å². The summed E-state index contributed by atoms with van der Waals surface area (Å²) >= 11 is 0. The van der Waals surface area contributed by atoms with Crippen LogP contribution in [0, 0.1) is 10.1 Å². The minimum Gasteiger partial charge on any atom is -0.496 e. The zero-order chi connectivity index (χ0) is 16.6. The molecule has 0 saturated heterocycles. The first kappa shape index (κ1) is 15.0. The summed E-state index contributed by atoms with van der Waals surface area (Å²) in [6, 6.07) is 12.0. The molecule has 0 atom stereocenters. The van der Waals surface area contributed by atoms with Gasteiger partial charge >= 0.3 is 0 Å². The number of nitro groups is 1. The lowest BCUT2D eigenvalue weighted by atomic mass is 10.2.